The predicted molar refractivity (Wildman–Crippen MR) is 68.9 cm³/mol. The molecule has 1 heterocycles. The van der Waals surface area contributed by atoms with Crippen molar-refractivity contribution in [1.29, 1.82) is 0 Å². The Labute approximate surface area is 104 Å². The van der Waals surface area contributed by atoms with E-state index in [1.165, 1.54) is 5.56 Å². The Hall–Kier alpha value is -0.860. The predicted octanol–water partition coefficient (Wildman–Crippen LogP) is 3.55. The van der Waals surface area contributed by atoms with Gasteiger partial charge in [-0.3, -0.25) is 0 Å². The Kier molecular flexibility index (Phi) is 3.85. The summed E-state index contributed by atoms with van der Waals surface area (Å²) >= 11 is 0. The van der Waals surface area contributed by atoms with E-state index < -0.39 is 0 Å². The molecular formula is C15H22O2. The highest BCUT2D eigenvalue weighted by atomic mass is 16.7. The lowest BCUT2D eigenvalue weighted by molar-refractivity contribution is -0.270. The van der Waals surface area contributed by atoms with Gasteiger partial charge in [-0.2, -0.15) is 0 Å². The van der Waals surface area contributed by atoms with Crippen LogP contribution in [0.2, 0.25) is 0 Å². The van der Waals surface area contributed by atoms with Crippen LogP contribution in [0, 0.1) is 0 Å². The zero-order valence-electron chi connectivity index (χ0n) is 11.0. The van der Waals surface area contributed by atoms with Gasteiger partial charge in [0.25, 0.3) is 0 Å². The fourth-order valence-corrected chi connectivity index (χ4v) is 2.49. The molecule has 1 fully saturated rings. The largest absolute Gasteiger partial charge is 0.350 e. The van der Waals surface area contributed by atoms with E-state index in [-0.39, 0.29) is 11.9 Å². The molecule has 0 amide bonds. The monoisotopic (exact) mass is 234 g/mol. The molecule has 94 valence electrons. The molecule has 2 heteroatoms. The smallest absolute Gasteiger partial charge is 0.158 e. The number of hydrogen-bond donors (Lipinski definition) is 0. The first-order valence-electron chi connectivity index (χ1n) is 6.42. The highest BCUT2D eigenvalue weighted by Crippen LogP contribution is 2.29. The van der Waals surface area contributed by atoms with Crippen molar-refractivity contribution in [1.82, 2.24) is 0 Å². The van der Waals surface area contributed by atoms with Crippen LogP contribution in [0.4, 0.5) is 0 Å². The second kappa shape index (κ2) is 5.19. The molecule has 0 unspecified atom stereocenters. The Morgan fingerprint density at radius 2 is 1.94 bits per heavy atom. The van der Waals surface area contributed by atoms with Crippen LogP contribution in [0.1, 0.15) is 39.2 Å². The minimum atomic E-state index is -0.0612. The van der Waals surface area contributed by atoms with Crippen molar-refractivity contribution in [2.75, 3.05) is 0 Å². The van der Waals surface area contributed by atoms with Crippen molar-refractivity contribution in [2.45, 2.75) is 58.0 Å². The van der Waals surface area contributed by atoms with Crippen LogP contribution in [0.3, 0.4) is 0 Å². The Morgan fingerprint density at radius 3 is 2.59 bits per heavy atom. The third-order valence-corrected chi connectivity index (χ3v) is 3.13. The lowest BCUT2D eigenvalue weighted by Gasteiger charge is -2.39. The normalized spacial score (nSPS) is 27.9. The van der Waals surface area contributed by atoms with Crippen LogP contribution in [0.5, 0.6) is 0 Å². The van der Waals surface area contributed by atoms with Crippen LogP contribution >= 0.6 is 0 Å². The summed E-state index contributed by atoms with van der Waals surface area (Å²) < 4.78 is 11.8. The number of benzene rings is 1. The van der Waals surface area contributed by atoms with Gasteiger partial charge in [-0.15, -0.1) is 0 Å². The lowest BCUT2D eigenvalue weighted by Crippen LogP contribution is -2.43. The molecule has 2 rings (SSSR count). The number of rotatable bonds is 3. The van der Waals surface area contributed by atoms with Crippen LogP contribution < -0.4 is 0 Å². The Morgan fingerprint density at radius 1 is 1.24 bits per heavy atom. The molecule has 2 atom stereocenters. The number of aryl methyl sites for hydroxylation is 1. The highest BCUT2D eigenvalue weighted by Gasteiger charge is 2.32. The molecule has 0 bridgehead atoms. The van der Waals surface area contributed by atoms with Gasteiger partial charge in [0.1, 0.15) is 0 Å². The standard InChI is InChI=1S/C15H22O2/c1-12-11-15(2,3)17-14(16-12)10-9-13-7-5-4-6-8-13/h4-8,12,14H,9-11H2,1-3H3/t12-,14-/m0/s1. The first kappa shape index (κ1) is 12.6. The molecule has 1 saturated heterocycles. The quantitative estimate of drug-likeness (QED) is 0.796. The van der Waals surface area contributed by atoms with Gasteiger partial charge in [0.05, 0.1) is 11.7 Å². The average Bonchev–Trinajstić information content (AvgIpc) is 2.25. The Balaban J connectivity index is 1.87. The maximum Gasteiger partial charge on any atom is 0.158 e. The molecule has 0 radical (unpaired) electrons. The summed E-state index contributed by atoms with van der Waals surface area (Å²) in [6.45, 7) is 6.41. The minimum absolute atomic E-state index is 0.0565. The Bertz CT molecular complexity index is 345. The van der Waals surface area contributed by atoms with Gasteiger partial charge in [-0.1, -0.05) is 30.3 Å². The topological polar surface area (TPSA) is 18.5 Å². The van der Waals surface area contributed by atoms with Crippen LogP contribution in [0.25, 0.3) is 0 Å². The summed E-state index contributed by atoms with van der Waals surface area (Å²) in [5.74, 6) is 0. The average molecular weight is 234 g/mol. The first-order chi connectivity index (χ1) is 8.05. The van der Waals surface area contributed by atoms with Crippen molar-refractivity contribution in [2.24, 2.45) is 0 Å². The minimum Gasteiger partial charge on any atom is -0.350 e. The molecule has 17 heavy (non-hydrogen) atoms. The fraction of sp³-hybridized carbons (Fsp3) is 0.600. The summed E-state index contributed by atoms with van der Waals surface area (Å²) in [6, 6.07) is 10.5. The van der Waals surface area contributed by atoms with E-state index in [4.69, 9.17) is 9.47 Å². The van der Waals surface area contributed by atoms with E-state index in [9.17, 15) is 0 Å². The highest BCUT2D eigenvalue weighted by molar-refractivity contribution is 5.14. The first-order valence-corrected chi connectivity index (χ1v) is 6.42. The second-order valence-electron chi connectivity index (χ2n) is 5.48. The van der Waals surface area contributed by atoms with E-state index in [0.29, 0.717) is 6.10 Å². The van der Waals surface area contributed by atoms with Gasteiger partial charge < -0.3 is 9.47 Å². The van der Waals surface area contributed by atoms with Crippen LogP contribution in [-0.4, -0.2) is 18.0 Å². The summed E-state index contributed by atoms with van der Waals surface area (Å²) in [5, 5.41) is 0. The van der Waals surface area contributed by atoms with Gasteiger partial charge in [0, 0.05) is 12.8 Å². The van der Waals surface area contributed by atoms with E-state index >= 15 is 0 Å². The maximum atomic E-state index is 5.94. The van der Waals surface area contributed by atoms with E-state index in [1.807, 2.05) is 6.07 Å². The van der Waals surface area contributed by atoms with Crippen molar-refractivity contribution >= 4 is 0 Å². The molecule has 2 nitrogen and oxygen atoms in total. The molecule has 1 aliphatic heterocycles. The van der Waals surface area contributed by atoms with Crippen molar-refractivity contribution in [3.8, 4) is 0 Å². The molecule has 0 saturated carbocycles. The van der Waals surface area contributed by atoms with E-state index in [1.54, 1.807) is 0 Å². The third kappa shape index (κ3) is 3.83. The molecule has 1 aliphatic rings. The maximum absolute atomic E-state index is 5.94. The van der Waals surface area contributed by atoms with Gasteiger partial charge >= 0.3 is 0 Å². The summed E-state index contributed by atoms with van der Waals surface area (Å²) in [5.41, 5.74) is 1.29. The van der Waals surface area contributed by atoms with Gasteiger partial charge in [0.15, 0.2) is 6.29 Å². The molecular weight excluding hydrogens is 212 g/mol. The van der Waals surface area contributed by atoms with Gasteiger partial charge in [-0.25, -0.2) is 0 Å². The molecule has 0 aromatic heterocycles. The summed E-state index contributed by atoms with van der Waals surface area (Å²) in [7, 11) is 0. The van der Waals surface area contributed by atoms with E-state index in [2.05, 4.69) is 45.0 Å². The van der Waals surface area contributed by atoms with Crippen molar-refractivity contribution < 1.29 is 9.47 Å². The number of hydrogen-bond acceptors (Lipinski definition) is 2. The number of ether oxygens (including phenoxy) is 2. The lowest BCUT2D eigenvalue weighted by atomic mass is 9.99. The molecule has 0 spiro atoms. The molecule has 0 aliphatic carbocycles. The van der Waals surface area contributed by atoms with Gasteiger partial charge in [0.2, 0.25) is 0 Å². The molecule has 1 aromatic rings. The van der Waals surface area contributed by atoms with E-state index in [0.717, 1.165) is 19.3 Å². The molecule has 1 aromatic carbocycles. The summed E-state index contributed by atoms with van der Waals surface area (Å²) in [6.07, 6.45) is 3.13. The summed E-state index contributed by atoms with van der Waals surface area (Å²) in [4.78, 5) is 0. The fourth-order valence-electron chi connectivity index (χ4n) is 2.49. The van der Waals surface area contributed by atoms with Gasteiger partial charge in [-0.05, 0) is 32.8 Å². The molecule has 0 N–H and O–H groups in total. The van der Waals surface area contributed by atoms with Crippen molar-refractivity contribution in [3.63, 3.8) is 0 Å². The zero-order valence-corrected chi connectivity index (χ0v) is 11.0. The van der Waals surface area contributed by atoms with Crippen LogP contribution in [-0.2, 0) is 15.9 Å². The van der Waals surface area contributed by atoms with Crippen molar-refractivity contribution in [3.05, 3.63) is 35.9 Å². The SMILES string of the molecule is C[C@H]1CC(C)(C)O[C@@H](CCc2ccccc2)O1. The third-order valence-electron chi connectivity index (χ3n) is 3.13. The zero-order chi connectivity index (χ0) is 12.3. The second-order valence-corrected chi connectivity index (χ2v) is 5.48. The van der Waals surface area contributed by atoms with Crippen LogP contribution in [0.15, 0.2) is 30.3 Å².